The van der Waals surface area contributed by atoms with Crippen LogP contribution in [-0.4, -0.2) is 28.2 Å². The van der Waals surface area contributed by atoms with E-state index in [0.29, 0.717) is 36.4 Å². The van der Waals surface area contributed by atoms with Crippen molar-refractivity contribution >= 4 is 5.78 Å². The van der Waals surface area contributed by atoms with Gasteiger partial charge in [0.15, 0.2) is 0 Å². The molecule has 3 heteroatoms. The second kappa shape index (κ2) is 4.67. The molecule has 3 fully saturated rings. The first-order valence-electron chi connectivity index (χ1n) is 8.95. The maximum Gasteiger partial charge on any atom is 0.139 e. The van der Waals surface area contributed by atoms with Gasteiger partial charge in [-0.15, -0.1) is 0 Å². The average Bonchev–Trinajstić information content (AvgIpc) is 2.77. The van der Waals surface area contributed by atoms with Gasteiger partial charge in [-0.2, -0.15) is 0 Å². The van der Waals surface area contributed by atoms with Gasteiger partial charge in [0, 0.05) is 11.8 Å². The summed E-state index contributed by atoms with van der Waals surface area (Å²) in [5, 5.41) is 20.2. The van der Waals surface area contributed by atoms with Crippen molar-refractivity contribution in [2.45, 2.75) is 71.0 Å². The SMILES string of the molecule is C[C@]12C[C@@H](O)[C@@H](O)CC1=CC[C@@H]1[C@@H]2CC[C@]2(C)C(=O)CC[C@@H]12. The van der Waals surface area contributed by atoms with Crippen LogP contribution in [0.5, 0.6) is 0 Å². The zero-order valence-corrected chi connectivity index (χ0v) is 13.7. The highest BCUT2D eigenvalue weighted by Gasteiger charge is 2.59. The number of hydrogen-bond acceptors (Lipinski definition) is 3. The predicted octanol–water partition coefficient (Wildman–Crippen LogP) is 2.85. The third-order valence-corrected chi connectivity index (χ3v) is 7.84. The van der Waals surface area contributed by atoms with E-state index in [9.17, 15) is 15.0 Å². The summed E-state index contributed by atoms with van der Waals surface area (Å²) in [7, 11) is 0. The van der Waals surface area contributed by atoms with Crippen LogP contribution in [0.25, 0.3) is 0 Å². The summed E-state index contributed by atoms with van der Waals surface area (Å²) >= 11 is 0. The normalized spacial score (nSPS) is 54.3. The van der Waals surface area contributed by atoms with Gasteiger partial charge in [0.2, 0.25) is 0 Å². The molecule has 2 N–H and O–H groups in total. The Morgan fingerprint density at radius 1 is 1.09 bits per heavy atom. The van der Waals surface area contributed by atoms with Gasteiger partial charge >= 0.3 is 0 Å². The van der Waals surface area contributed by atoms with Crippen molar-refractivity contribution in [3.8, 4) is 0 Å². The van der Waals surface area contributed by atoms with Gasteiger partial charge in [-0.05, 0) is 61.7 Å². The first kappa shape index (κ1) is 14.9. The highest BCUT2D eigenvalue weighted by Crippen LogP contribution is 2.63. The Labute approximate surface area is 132 Å². The zero-order valence-electron chi connectivity index (χ0n) is 13.7. The van der Waals surface area contributed by atoms with Crippen LogP contribution in [0.15, 0.2) is 11.6 Å². The number of Topliss-reactive ketones (excluding diaryl/α,β-unsaturated/α-hetero) is 1. The van der Waals surface area contributed by atoms with E-state index < -0.39 is 12.2 Å². The number of carbonyl (C=O) groups excluding carboxylic acids is 1. The van der Waals surface area contributed by atoms with E-state index in [2.05, 4.69) is 19.9 Å². The minimum atomic E-state index is -0.599. The monoisotopic (exact) mass is 304 g/mol. The lowest BCUT2D eigenvalue weighted by molar-refractivity contribution is -0.133. The van der Waals surface area contributed by atoms with Crippen molar-refractivity contribution in [3.63, 3.8) is 0 Å². The molecule has 122 valence electrons. The van der Waals surface area contributed by atoms with Gasteiger partial charge in [0.1, 0.15) is 5.78 Å². The lowest BCUT2D eigenvalue weighted by atomic mass is 9.48. The second-order valence-electron chi connectivity index (χ2n) is 8.72. The molecule has 0 amide bonds. The standard InChI is InChI=1S/C19H28O3/c1-18-8-7-14-12(13(18)5-6-17(18)22)4-3-11-9-15(20)16(21)10-19(11,14)2/h3,12-16,20-21H,4-10H2,1-2H3/t12-,13-,14-,15-,16+,18-,19-/m0/s1. The highest BCUT2D eigenvalue weighted by molar-refractivity contribution is 5.87. The molecule has 4 rings (SSSR count). The number of aliphatic hydroxyl groups is 2. The maximum absolute atomic E-state index is 12.4. The molecule has 3 saturated carbocycles. The predicted molar refractivity (Wildman–Crippen MR) is 84.1 cm³/mol. The van der Waals surface area contributed by atoms with Crippen LogP contribution >= 0.6 is 0 Å². The molecule has 0 aromatic heterocycles. The lowest BCUT2D eigenvalue weighted by Gasteiger charge is -2.57. The van der Waals surface area contributed by atoms with Crippen LogP contribution in [0.4, 0.5) is 0 Å². The van der Waals surface area contributed by atoms with E-state index in [1.54, 1.807) is 0 Å². The molecule has 0 spiro atoms. The Morgan fingerprint density at radius 3 is 2.59 bits per heavy atom. The van der Waals surface area contributed by atoms with Crippen molar-refractivity contribution in [1.29, 1.82) is 0 Å². The number of hydrogen-bond donors (Lipinski definition) is 2. The van der Waals surface area contributed by atoms with E-state index in [0.717, 1.165) is 32.1 Å². The summed E-state index contributed by atoms with van der Waals surface area (Å²) in [5.41, 5.74) is 1.30. The van der Waals surface area contributed by atoms with Gasteiger partial charge in [0.25, 0.3) is 0 Å². The number of rotatable bonds is 0. The number of allylic oxidation sites excluding steroid dienone is 1. The molecule has 0 saturated heterocycles. The van der Waals surface area contributed by atoms with Crippen LogP contribution in [0.3, 0.4) is 0 Å². The molecule has 0 heterocycles. The molecule has 22 heavy (non-hydrogen) atoms. The maximum atomic E-state index is 12.4. The minimum Gasteiger partial charge on any atom is -0.390 e. The van der Waals surface area contributed by atoms with Gasteiger partial charge in [-0.1, -0.05) is 25.5 Å². The number of fused-ring (bicyclic) bond motifs is 5. The molecule has 0 aromatic rings. The molecular weight excluding hydrogens is 276 g/mol. The van der Waals surface area contributed by atoms with E-state index in [1.165, 1.54) is 5.57 Å². The Kier molecular flexibility index (Phi) is 3.16. The second-order valence-corrected chi connectivity index (χ2v) is 8.72. The molecule has 0 bridgehead atoms. The fourth-order valence-electron chi connectivity index (χ4n) is 6.46. The molecule has 0 aromatic carbocycles. The molecule has 4 aliphatic rings. The first-order chi connectivity index (χ1) is 10.4. The van der Waals surface area contributed by atoms with E-state index >= 15 is 0 Å². The van der Waals surface area contributed by atoms with Crippen molar-refractivity contribution in [3.05, 3.63) is 11.6 Å². The molecule has 0 radical (unpaired) electrons. The fourth-order valence-corrected chi connectivity index (χ4v) is 6.46. The molecule has 7 atom stereocenters. The van der Waals surface area contributed by atoms with Crippen molar-refractivity contribution in [2.75, 3.05) is 0 Å². The molecule has 4 aliphatic carbocycles. The highest BCUT2D eigenvalue weighted by atomic mass is 16.3. The third kappa shape index (κ3) is 1.78. The summed E-state index contributed by atoms with van der Waals surface area (Å²) in [5.74, 6) is 2.16. The fraction of sp³-hybridized carbons (Fsp3) is 0.842. The Hall–Kier alpha value is -0.670. The lowest BCUT2D eigenvalue weighted by Crippen LogP contribution is -2.53. The summed E-state index contributed by atoms with van der Waals surface area (Å²) in [6.07, 6.45) is 7.44. The third-order valence-electron chi connectivity index (χ3n) is 7.84. The Bertz CT molecular complexity index is 539. The molecular formula is C19H28O3. The first-order valence-corrected chi connectivity index (χ1v) is 8.95. The van der Waals surface area contributed by atoms with Crippen LogP contribution < -0.4 is 0 Å². The van der Waals surface area contributed by atoms with Crippen LogP contribution in [-0.2, 0) is 4.79 Å². The molecule has 0 unspecified atom stereocenters. The quantitative estimate of drug-likeness (QED) is 0.677. The summed E-state index contributed by atoms with van der Waals surface area (Å²) in [6.45, 7) is 4.49. The summed E-state index contributed by atoms with van der Waals surface area (Å²) in [6, 6.07) is 0. The van der Waals surface area contributed by atoms with E-state index in [-0.39, 0.29) is 10.8 Å². The van der Waals surface area contributed by atoms with Crippen molar-refractivity contribution in [2.24, 2.45) is 28.6 Å². The van der Waals surface area contributed by atoms with Gasteiger partial charge < -0.3 is 10.2 Å². The minimum absolute atomic E-state index is 0.0224. The summed E-state index contributed by atoms with van der Waals surface area (Å²) < 4.78 is 0. The zero-order chi connectivity index (χ0) is 15.7. The van der Waals surface area contributed by atoms with Gasteiger partial charge in [-0.25, -0.2) is 0 Å². The number of carbonyl (C=O) groups is 1. The van der Waals surface area contributed by atoms with Crippen LogP contribution in [0, 0.1) is 28.6 Å². The smallest absolute Gasteiger partial charge is 0.139 e. The number of ketones is 1. The van der Waals surface area contributed by atoms with Crippen molar-refractivity contribution in [1.82, 2.24) is 0 Å². The number of aliphatic hydroxyl groups excluding tert-OH is 2. The summed E-state index contributed by atoms with van der Waals surface area (Å²) in [4.78, 5) is 12.4. The van der Waals surface area contributed by atoms with Crippen molar-refractivity contribution < 1.29 is 15.0 Å². The largest absolute Gasteiger partial charge is 0.390 e. The average molecular weight is 304 g/mol. The molecule has 3 nitrogen and oxygen atoms in total. The molecule has 0 aliphatic heterocycles. The Morgan fingerprint density at radius 2 is 1.82 bits per heavy atom. The van der Waals surface area contributed by atoms with E-state index in [1.807, 2.05) is 0 Å². The van der Waals surface area contributed by atoms with Crippen LogP contribution in [0.2, 0.25) is 0 Å². The van der Waals surface area contributed by atoms with Crippen LogP contribution in [0.1, 0.15) is 58.8 Å². The Balaban J connectivity index is 1.70. The van der Waals surface area contributed by atoms with E-state index in [4.69, 9.17) is 0 Å². The van der Waals surface area contributed by atoms with Gasteiger partial charge in [-0.3, -0.25) is 4.79 Å². The topological polar surface area (TPSA) is 57.5 Å². The van der Waals surface area contributed by atoms with Gasteiger partial charge in [0.05, 0.1) is 12.2 Å².